The van der Waals surface area contributed by atoms with E-state index in [2.05, 4.69) is 21.2 Å². The molecule has 2 aromatic carbocycles. The highest BCUT2D eigenvalue weighted by molar-refractivity contribution is 9.10. The third-order valence-corrected chi connectivity index (χ3v) is 5.12. The van der Waals surface area contributed by atoms with Gasteiger partial charge in [0.1, 0.15) is 18.1 Å². The topological polar surface area (TPSA) is 51.5 Å². The number of carbonyl (C=O) groups excluding carboxylic acids is 1. The quantitative estimate of drug-likeness (QED) is 0.572. The highest BCUT2D eigenvalue weighted by Crippen LogP contribution is 2.28. The number of ether oxygens (including phenoxy) is 1. The number of nitrogens with one attached hydrogen (secondary N) is 1. The summed E-state index contributed by atoms with van der Waals surface area (Å²) in [5.74, 6) is 0.571. The van der Waals surface area contributed by atoms with Crippen molar-refractivity contribution in [2.75, 3.05) is 6.61 Å². The van der Waals surface area contributed by atoms with Gasteiger partial charge in [-0.15, -0.1) is 0 Å². The Bertz CT molecular complexity index is 940. The van der Waals surface area contributed by atoms with Crippen molar-refractivity contribution in [3.8, 4) is 5.75 Å². The molecule has 1 unspecified atom stereocenters. The summed E-state index contributed by atoms with van der Waals surface area (Å²) in [7, 11) is 0. The largest absolute Gasteiger partial charge is 0.488 e. The van der Waals surface area contributed by atoms with E-state index in [0.717, 1.165) is 5.56 Å². The van der Waals surface area contributed by atoms with Gasteiger partial charge >= 0.3 is 0 Å². The molecule has 1 aromatic heterocycles. The average Bonchev–Trinajstić information content (AvgIpc) is 2.92. The molecular weight excluding hydrogens is 413 g/mol. The molecule has 0 fully saturated rings. The van der Waals surface area contributed by atoms with Gasteiger partial charge in [-0.3, -0.25) is 4.79 Å². The van der Waals surface area contributed by atoms with Gasteiger partial charge in [0.05, 0.1) is 16.1 Å². The van der Waals surface area contributed by atoms with E-state index in [1.165, 1.54) is 6.07 Å². The number of furan rings is 1. The zero-order valence-electron chi connectivity index (χ0n) is 15.0. The Morgan fingerprint density at radius 3 is 2.41 bits per heavy atom. The highest BCUT2D eigenvalue weighted by atomic mass is 79.9. The van der Waals surface area contributed by atoms with Crippen molar-refractivity contribution in [2.24, 2.45) is 0 Å². The molecule has 0 aliphatic rings. The summed E-state index contributed by atoms with van der Waals surface area (Å²) in [6.07, 6.45) is 0. The van der Waals surface area contributed by atoms with E-state index in [1.807, 2.05) is 30.3 Å². The number of hydrogen-bond donors (Lipinski definition) is 1. The maximum atomic E-state index is 13.8. The van der Waals surface area contributed by atoms with Gasteiger partial charge in [-0.2, -0.15) is 0 Å². The van der Waals surface area contributed by atoms with Crippen molar-refractivity contribution in [2.45, 2.75) is 19.9 Å². The molecule has 0 saturated heterocycles. The van der Waals surface area contributed by atoms with Crippen LogP contribution in [0.1, 0.15) is 33.5 Å². The first-order chi connectivity index (χ1) is 13.0. The van der Waals surface area contributed by atoms with Crippen molar-refractivity contribution in [3.63, 3.8) is 0 Å². The molecule has 0 saturated carbocycles. The molecule has 1 atom stereocenters. The Morgan fingerprint density at radius 2 is 1.78 bits per heavy atom. The summed E-state index contributed by atoms with van der Waals surface area (Å²) >= 11 is 3.40. The van der Waals surface area contributed by atoms with Gasteiger partial charge in [0.2, 0.25) is 0 Å². The Morgan fingerprint density at radius 1 is 1.11 bits per heavy atom. The summed E-state index contributed by atoms with van der Waals surface area (Å²) in [5, 5.41) is 2.96. The molecule has 0 radical (unpaired) electrons. The van der Waals surface area contributed by atoms with Crippen LogP contribution in [0.4, 0.5) is 4.39 Å². The summed E-state index contributed by atoms with van der Waals surface area (Å²) in [6.45, 7) is 3.61. The number of amides is 1. The van der Waals surface area contributed by atoms with Crippen LogP contribution in [0.5, 0.6) is 5.75 Å². The second-order valence-electron chi connectivity index (χ2n) is 6.08. The maximum absolute atomic E-state index is 13.8. The minimum absolute atomic E-state index is 0.0875. The van der Waals surface area contributed by atoms with Gasteiger partial charge in [0, 0.05) is 0 Å². The van der Waals surface area contributed by atoms with Gasteiger partial charge in [-0.1, -0.05) is 42.5 Å². The fourth-order valence-corrected chi connectivity index (χ4v) is 3.33. The SMILES string of the molecule is Cc1oc(C)c(C(=O)NC(COc2ccccc2F)c2ccccc2)c1Br. The van der Waals surface area contributed by atoms with E-state index >= 15 is 0 Å². The van der Waals surface area contributed by atoms with Gasteiger partial charge in [-0.05, 0) is 47.5 Å². The van der Waals surface area contributed by atoms with Crippen LogP contribution < -0.4 is 10.1 Å². The van der Waals surface area contributed by atoms with E-state index in [4.69, 9.17) is 9.15 Å². The van der Waals surface area contributed by atoms with Crippen LogP contribution in [0.15, 0.2) is 63.5 Å². The number of halogens is 2. The van der Waals surface area contributed by atoms with Crippen LogP contribution >= 0.6 is 15.9 Å². The monoisotopic (exact) mass is 431 g/mol. The van der Waals surface area contributed by atoms with E-state index < -0.39 is 11.9 Å². The second-order valence-corrected chi connectivity index (χ2v) is 6.87. The third-order valence-electron chi connectivity index (χ3n) is 4.16. The van der Waals surface area contributed by atoms with E-state index in [-0.39, 0.29) is 18.3 Å². The normalized spacial score (nSPS) is 11.9. The number of rotatable bonds is 6. The summed E-state index contributed by atoms with van der Waals surface area (Å²) in [6, 6.07) is 15.1. The van der Waals surface area contributed by atoms with Crippen LogP contribution in [0, 0.1) is 19.7 Å². The first-order valence-electron chi connectivity index (χ1n) is 8.46. The van der Waals surface area contributed by atoms with Crippen molar-refractivity contribution in [3.05, 3.63) is 87.5 Å². The van der Waals surface area contributed by atoms with Gasteiger partial charge in [0.25, 0.3) is 5.91 Å². The number of hydrogen-bond acceptors (Lipinski definition) is 3. The van der Waals surface area contributed by atoms with Crippen LogP contribution in [-0.4, -0.2) is 12.5 Å². The minimum atomic E-state index is -0.459. The lowest BCUT2D eigenvalue weighted by molar-refractivity contribution is 0.0918. The summed E-state index contributed by atoms with van der Waals surface area (Å²) < 4.78 is 25.6. The predicted octanol–water partition coefficient (Wildman–Crippen LogP) is 5.35. The van der Waals surface area contributed by atoms with Crippen LogP contribution in [0.25, 0.3) is 0 Å². The number of para-hydroxylation sites is 1. The molecule has 0 spiro atoms. The van der Waals surface area contributed by atoms with Crippen molar-refractivity contribution >= 4 is 21.8 Å². The van der Waals surface area contributed by atoms with Crippen molar-refractivity contribution in [1.82, 2.24) is 5.32 Å². The lowest BCUT2D eigenvalue weighted by Crippen LogP contribution is -2.32. The van der Waals surface area contributed by atoms with Crippen molar-refractivity contribution < 1.29 is 18.3 Å². The van der Waals surface area contributed by atoms with Crippen molar-refractivity contribution in [1.29, 1.82) is 0 Å². The molecule has 1 N–H and O–H groups in total. The minimum Gasteiger partial charge on any atom is -0.488 e. The van der Waals surface area contributed by atoms with E-state index in [0.29, 0.717) is 21.6 Å². The van der Waals surface area contributed by atoms with Gasteiger partial charge in [-0.25, -0.2) is 4.39 Å². The number of aryl methyl sites for hydroxylation is 2. The van der Waals surface area contributed by atoms with E-state index in [9.17, 15) is 9.18 Å². The van der Waals surface area contributed by atoms with Crippen LogP contribution in [0.3, 0.4) is 0 Å². The van der Waals surface area contributed by atoms with Crippen LogP contribution in [0.2, 0.25) is 0 Å². The molecule has 0 bridgehead atoms. The molecule has 27 heavy (non-hydrogen) atoms. The maximum Gasteiger partial charge on any atom is 0.256 e. The van der Waals surface area contributed by atoms with Gasteiger partial charge < -0.3 is 14.5 Å². The Hall–Kier alpha value is -2.60. The molecule has 4 nitrogen and oxygen atoms in total. The molecule has 3 rings (SSSR count). The molecule has 0 aliphatic heterocycles. The Kier molecular flexibility index (Phi) is 5.96. The van der Waals surface area contributed by atoms with E-state index in [1.54, 1.807) is 32.0 Å². The molecule has 140 valence electrons. The fourth-order valence-electron chi connectivity index (χ4n) is 2.79. The first-order valence-corrected chi connectivity index (χ1v) is 9.25. The lowest BCUT2D eigenvalue weighted by atomic mass is 10.1. The van der Waals surface area contributed by atoms with Gasteiger partial charge in [0.15, 0.2) is 11.6 Å². The smallest absolute Gasteiger partial charge is 0.256 e. The Labute approximate surface area is 165 Å². The molecule has 1 heterocycles. The number of carbonyl (C=O) groups is 1. The second kappa shape index (κ2) is 8.39. The molecular formula is C21H19BrFNO3. The fraction of sp³-hybridized carbons (Fsp3) is 0.190. The first kappa shape index (κ1) is 19.2. The zero-order valence-corrected chi connectivity index (χ0v) is 16.5. The third kappa shape index (κ3) is 4.39. The standard InChI is InChI=1S/C21H19BrFNO3/c1-13-19(20(22)14(2)27-13)21(25)24-17(15-8-4-3-5-9-15)12-26-18-11-7-6-10-16(18)23/h3-11,17H,12H2,1-2H3,(H,24,25). The predicted molar refractivity (Wildman–Crippen MR) is 104 cm³/mol. The highest BCUT2D eigenvalue weighted by Gasteiger charge is 2.23. The summed E-state index contributed by atoms with van der Waals surface area (Å²) in [5.41, 5.74) is 1.30. The average molecular weight is 432 g/mol. The number of benzene rings is 2. The zero-order chi connectivity index (χ0) is 19.4. The van der Waals surface area contributed by atoms with Crippen LogP contribution in [-0.2, 0) is 0 Å². The molecule has 6 heteroatoms. The molecule has 3 aromatic rings. The summed E-state index contributed by atoms with van der Waals surface area (Å²) in [4.78, 5) is 12.8. The molecule has 0 aliphatic carbocycles. The Balaban J connectivity index is 1.82. The molecule has 1 amide bonds. The lowest BCUT2D eigenvalue weighted by Gasteiger charge is -2.20.